The van der Waals surface area contributed by atoms with Gasteiger partial charge in [0.1, 0.15) is 12.1 Å². The summed E-state index contributed by atoms with van der Waals surface area (Å²) in [4.78, 5) is 18.6. The minimum atomic E-state index is 0.655. The predicted molar refractivity (Wildman–Crippen MR) is 76.4 cm³/mol. The summed E-state index contributed by atoms with van der Waals surface area (Å²) in [6.45, 7) is 4.18. The van der Waals surface area contributed by atoms with Crippen molar-refractivity contribution in [2.45, 2.75) is 13.8 Å². The van der Waals surface area contributed by atoms with E-state index in [1.54, 1.807) is 6.07 Å². The normalized spacial score (nSPS) is 10.8. The molecule has 0 bridgehead atoms. The van der Waals surface area contributed by atoms with E-state index in [4.69, 9.17) is 0 Å². The van der Waals surface area contributed by atoms with Gasteiger partial charge in [-0.1, -0.05) is 12.1 Å². The van der Waals surface area contributed by atoms with Crippen LogP contribution in [0.3, 0.4) is 0 Å². The number of H-pyrrole nitrogens is 1. The summed E-state index contributed by atoms with van der Waals surface area (Å²) in [5.41, 5.74) is 5.99. The minimum absolute atomic E-state index is 0.655. The van der Waals surface area contributed by atoms with Crippen molar-refractivity contribution in [1.29, 1.82) is 0 Å². The van der Waals surface area contributed by atoms with E-state index in [0.29, 0.717) is 5.56 Å². The van der Waals surface area contributed by atoms with Crippen LogP contribution >= 0.6 is 0 Å². The first-order valence-corrected chi connectivity index (χ1v) is 6.20. The number of rotatable bonds is 2. The van der Waals surface area contributed by atoms with E-state index in [1.807, 2.05) is 12.1 Å². The fourth-order valence-electron chi connectivity index (χ4n) is 2.13. The molecule has 2 aromatic carbocycles. The first-order valence-electron chi connectivity index (χ1n) is 6.20. The molecule has 0 amide bonds. The fourth-order valence-corrected chi connectivity index (χ4v) is 2.13. The molecule has 0 radical (unpaired) electrons. The number of aromatic nitrogens is 2. The Morgan fingerprint density at radius 1 is 1.05 bits per heavy atom. The lowest BCUT2D eigenvalue weighted by Crippen LogP contribution is -1.84. The van der Waals surface area contributed by atoms with Gasteiger partial charge in [-0.25, -0.2) is 4.98 Å². The zero-order chi connectivity index (χ0) is 13.4. The van der Waals surface area contributed by atoms with Crippen LogP contribution in [0.15, 0.2) is 36.4 Å². The largest absolute Gasteiger partial charge is 0.338 e. The number of benzene rings is 2. The Bertz CT molecular complexity index is 772. The number of nitrogens with zero attached hydrogens (tertiary/aromatic N) is 1. The molecule has 0 aliphatic heterocycles. The summed E-state index contributed by atoms with van der Waals surface area (Å²) < 4.78 is 0. The topological polar surface area (TPSA) is 45.8 Å². The Morgan fingerprint density at radius 3 is 2.63 bits per heavy atom. The van der Waals surface area contributed by atoms with Gasteiger partial charge < -0.3 is 4.98 Å². The van der Waals surface area contributed by atoms with Crippen molar-refractivity contribution in [3.63, 3.8) is 0 Å². The van der Waals surface area contributed by atoms with E-state index in [-0.39, 0.29) is 0 Å². The third-order valence-corrected chi connectivity index (χ3v) is 3.42. The summed E-state index contributed by atoms with van der Waals surface area (Å²) in [5.74, 6) is 0.834. The van der Waals surface area contributed by atoms with Crippen LogP contribution in [0.25, 0.3) is 22.4 Å². The second-order valence-electron chi connectivity index (χ2n) is 4.78. The Labute approximate surface area is 111 Å². The van der Waals surface area contributed by atoms with Gasteiger partial charge in [-0.2, -0.15) is 0 Å². The predicted octanol–water partition coefficient (Wildman–Crippen LogP) is 3.66. The highest BCUT2D eigenvalue weighted by atomic mass is 16.1. The highest BCUT2D eigenvalue weighted by Crippen LogP contribution is 2.23. The lowest BCUT2D eigenvalue weighted by Gasteiger charge is -2.02. The molecule has 3 heteroatoms. The second kappa shape index (κ2) is 4.35. The van der Waals surface area contributed by atoms with Gasteiger partial charge in [-0.05, 0) is 49.2 Å². The number of hydrogen-bond donors (Lipinski definition) is 1. The van der Waals surface area contributed by atoms with Crippen LogP contribution in [-0.2, 0) is 0 Å². The van der Waals surface area contributed by atoms with E-state index >= 15 is 0 Å². The highest BCUT2D eigenvalue weighted by molar-refractivity contribution is 5.86. The molecule has 0 saturated carbocycles. The molecule has 3 aromatic rings. The first-order chi connectivity index (χ1) is 9.17. The van der Waals surface area contributed by atoms with Crippen molar-refractivity contribution in [2.75, 3.05) is 0 Å². The zero-order valence-corrected chi connectivity index (χ0v) is 10.9. The Balaban J connectivity index is 2.14. The minimum Gasteiger partial charge on any atom is -0.338 e. The molecule has 1 heterocycles. The number of carbonyl (C=O) groups excluding carboxylic acids is 1. The van der Waals surface area contributed by atoms with E-state index in [0.717, 1.165) is 28.7 Å². The Morgan fingerprint density at radius 2 is 1.89 bits per heavy atom. The van der Waals surface area contributed by atoms with Crippen LogP contribution in [0.1, 0.15) is 21.5 Å². The molecule has 0 aliphatic rings. The maximum atomic E-state index is 10.8. The number of carbonyl (C=O) groups is 1. The van der Waals surface area contributed by atoms with Gasteiger partial charge in [0.05, 0.1) is 11.0 Å². The van der Waals surface area contributed by atoms with Gasteiger partial charge in [-0.3, -0.25) is 4.79 Å². The lowest BCUT2D eigenvalue weighted by atomic mass is 10.1. The standard InChI is InChI=1S/C16H14N2O/c1-10-3-5-13(7-11(10)2)16-17-14-6-4-12(9-19)8-15(14)18-16/h3-9H,1-2H3,(H,17,18). The maximum absolute atomic E-state index is 10.8. The van der Waals surface area contributed by atoms with Gasteiger partial charge in [0.25, 0.3) is 0 Å². The van der Waals surface area contributed by atoms with E-state index in [9.17, 15) is 4.79 Å². The number of aromatic amines is 1. The van der Waals surface area contributed by atoms with Gasteiger partial charge >= 0.3 is 0 Å². The summed E-state index contributed by atoms with van der Waals surface area (Å²) in [7, 11) is 0. The lowest BCUT2D eigenvalue weighted by molar-refractivity contribution is 0.112. The molecule has 0 unspecified atom stereocenters. The van der Waals surface area contributed by atoms with Crippen molar-refractivity contribution in [2.24, 2.45) is 0 Å². The smallest absolute Gasteiger partial charge is 0.150 e. The van der Waals surface area contributed by atoms with Crippen molar-refractivity contribution in [3.8, 4) is 11.4 Å². The average molecular weight is 250 g/mol. The number of hydrogen-bond acceptors (Lipinski definition) is 2. The molecule has 19 heavy (non-hydrogen) atoms. The SMILES string of the molecule is Cc1ccc(-c2nc3ccc(C=O)cc3[nH]2)cc1C. The number of aldehydes is 1. The first kappa shape index (κ1) is 11.7. The third-order valence-electron chi connectivity index (χ3n) is 3.42. The molecule has 3 rings (SSSR count). The van der Waals surface area contributed by atoms with Crippen molar-refractivity contribution < 1.29 is 4.79 Å². The highest BCUT2D eigenvalue weighted by Gasteiger charge is 2.06. The Kier molecular flexibility index (Phi) is 2.67. The number of fused-ring (bicyclic) bond motifs is 1. The van der Waals surface area contributed by atoms with Gasteiger partial charge in [-0.15, -0.1) is 0 Å². The molecule has 94 valence electrons. The molecule has 1 aromatic heterocycles. The summed E-state index contributed by atoms with van der Waals surface area (Å²) >= 11 is 0. The molecule has 0 atom stereocenters. The van der Waals surface area contributed by atoms with Crippen molar-refractivity contribution in [3.05, 3.63) is 53.1 Å². The molecule has 0 spiro atoms. The van der Waals surface area contributed by atoms with E-state index in [2.05, 4.69) is 42.0 Å². The molecule has 0 aliphatic carbocycles. The quantitative estimate of drug-likeness (QED) is 0.705. The molecule has 1 N–H and O–H groups in total. The van der Waals surface area contributed by atoms with E-state index < -0.39 is 0 Å². The van der Waals surface area contributed by atoms with Crippen LogP contribution in [0.5, 0.6) is 0 Å². The maximum Gasteiger partial charge on any atom is 0.150 e. The van der Waals surface area contributed by atoms with Gasteiger partial charge in [0.15, 0.2) is 0 Å². The number of imidazole rings is 1. The van der Waals surface area contributed by atoms with Crippen molar-refractivity contribution in [1.82, 2.24) is 9.97 Å². The molecule has 0 fully saturated rings. The Hall–Kier alpha value is -2.42. The molecular formula is C16H14N2O. The molecule has 3 nitrogen and oxygen atoms in total. The summed E-state index contributed by atoms with van der Waals surface area (Å²) in [6, 6.07) is 11.7. The van der Waals surface area contributed by atoms with Crippen LogP contribution in [-0.4, -0.2) is 16.3 Å². The van der Waals surface area contributed by atoms with Crippen LogP contribution in [0, 0.1) is 13.8 Å². The monoisotopic (exact) mass is 250 g/mol. The third kappa shape index (κ3) is 2.03. The van der Waals surface area contributed by atoms with E-state index in [1.165, 1.54) is 11.1 Å². The zero-order valence-electron chi connectivity index (χ0n) is 10.9. The van der Waals surface area contributed by atoms with Gasteiger partial charge in [0.2, 0.25) is 0 Å². The number of nitrogens with one attached hydrogen (secondary N) is 1. The molecular weight excluding hydrogens is 236 g/mol. The van der Waals surface area contributed by atoms with Crippen LogP contribution in [0.4, 0.5) is 0 Å². The number of aryl methyl sites for hydroxylation is 2. The van der Waals surface area contributed by atoms with Crippen LogP contribution < -0.4 is 0 Å². The second-order valence-corrected chi connectivity index (χ2v) is 4.78. The van der Waals surface area contributed by atoms with Crippen LogP contribution in [0.2, 0.25) is 0 Å². The summed E-state index contributed by atoms with van der Waals surface area (Å²) in [5, 5.41) is 0. The average Bonchev–Trinajstić information content (AvgIpc) is 2.84. The van der Waals surface area contributed by atoms with Gasteiger partial charge in [0, 0.05) is 11.1 Å². The fraction of sp³-hybridized carbons (Fsp3) is 0.125. The van der Waals surface area contributed by atoms with Crippen molar-refractivity contribution >= 4 is 17.3 Å². The molecule has 0 saturated heterocycles. The summed E-state index contributed by atoms with van der Waals surface area (Å²) in [6.07, 6.45) is 0.843.